The number of hydrogen-bond donors (Lipinski definition) is 2. The van der Waals surface area contributed by atoms with E-state index in [0.717, 1.165) is 11.8 Å². The normalized spacial score (nSPS) is 11.8. The summed E-state index contributed by atoms with van der Waals surface area (Å²) in [5, 5.41) is 6.83. The fourth-order valence-electron chi connectivity index (χ4n) is 0.454. The average Bonchev–Trinajstić information content (AvgIpc) is 1.84. The molecule has 4 nitrogen and oxygen atoms in total. The first-order chi connectivity index (χ1) is 5.43. The zero-order chi connectivity index (χ0) is 9.72. The Morgan fingerprint density at radius 2 is 2.25 bits per heavy atom. The summed E-state index contributed by atoms with van der Waals surface area (Å²) in [5.41, 5.74) is 4.98. The quantitative estimate of drug-likeness (QED) is 0.228. The topological polar surface area (TPSA) is 76.2 Å². The molecule has 3 N–H and O–H groups in total. The molecule has 0 aliphatic heterocycles. The van der Waals surface area contributed by atoms with Gasteiger partial charge in [0.25, 0.3) is 0 Å². The lowest BCUT2D eigenvalue weighted by Crippen LogP contribution is -2.16. The van der Waals surface area contributed by atoms with Crippen molar-refractivity contribution in [3.63, 3.8) is 0 Å². The van der Waals surface area contributed by atoms with Crippen LogP contribution in [0.1, 0.15) is 13.8 Å². The van der Waals surface area contributed by atoms with Crippen LogP contribution in [0.2, 0.25) is 0 Å². The van der Waals surface area contributed by atoms with Crippen molar-refractivity contribution in [2.24, 2.45) is 5.73 Å². The van der Waals surface area contributed by atoms with Crippen molar-refractivity contribution in [2.45, 2.75) is 19.3 Å². The highest BCUT2D eigenvalue weighted by atomic mass is 32.2. The number of ether oxygens (including phenoxy) is 1. The number of nitrogens with one attached hydrogen (secondary N) is 1. The summed E-state index contributed by atoms with van der Waals surface area (Å²) in [7, 11) is 0. The van der Waals surface area contributed by atoms with Gasteiger partial charge in [0.05, 0.1) is 0 Å². The molecule has 1 atom stereocenters. The standard InChI is InChI=1S/C7H12N2O2S/c1-4(2)6(10)11-5(3)12-7(8)9/h5H,1H2,2-3H3,(H3,8,9). The van der Waals surface area contributed by atoms with Gasteiger partial charge < -0.3 is 10.5 Å². The molecule has 68 valence electrons. The van der Waals surface area contributed by atoms with Crippen LogP contribution in [-0.2, 0) is 9.53 Å². The molecule has 0 aliphatic rings. The second kappa shape index (κ2) is 4.82. The van der Waals surface area contributed by atoms with Crippen LogP contribution < -0.4 is 5.73 Å². The van der Waals surface area contributed by atoms with E-state index in [0.29, 0.717) is 5.57 Å². The zero-order valence-electron chi connectivity index (χ0n) is 7.09. The number of thioether (sulfide) groups is 1. The summed E-state index contributed by atoms with van der Waals surface area (Å²) < 4.78 is 4.83. The highest BCUT2D eigenvalue weighted by Crippen LogP contribution is 2.11. The zero-order valence-corrected chi connectivity index (χ0v) is 7.90. The highest BCUT2D eigenvalue weighted by molar-refractivity contribution is 8.14. The molecule has 0 fully saturated rings. The van der Waals surface area contributed by atoms with Crippen LogP contribution in [0, 0.1) is 5.41 Å². The van der Waals surface area contributed by atoms with E-state index in [4.69, 9.17) is 15.9 Å². The number of hydrogen-bond acceptors (Lipinski definition) is 4. The van der Waals surface area contributed by atoms with E-state index in [9.17, 15) is 4.79 Å². The van der Waals surface area contributed by atoms with Gasteiger partial charge in [0.1, 0.15) is 0 Å². The minimum atomic E-state index is -0.462. The Kier molecular flexibility index (Phi) is 4.43. The van der Waals surface area contributed by atoms with Gasteiger partial charge in [-0.1, -0.05) is 6.58 Å². The molecule has 0 bridgehead atoms. The van der Waals surface area contributed by atoms with Crippen molar-refractivity contribution < 1.29 is 9.53 Å². The maximum absolute atomic E-state index is 10.9. The molecule has 12 heavy (non-hydrogen) atoms. The van der Waals surface area contributed by atoms with E-state index >= 15 is 0 Å². The largest absolute Gasteiger partial charge is 0.448 e. The van der Waals surface area contributed by atoms with E-state index in [1.165, 1.54) is 0 Å². The molecule has 0 aromatic carbocycles. The monoisotopic (exact) mass is 188 g/mol. The van der Waals surface area contributed by atoms with Crippen LogP contribution in [0.5, 0.6) is 0 Å². The lowest BCUT2D eigenvalue weighted by molar-refractivity contribution is -0.139. The summed E-state index contributed by atoms with van der Waals surface area (Å²) >= 11 is 0.977. The first kappa shape index (κ1) is 11.0. The predicted octanol–water partition coefficient (Wildman–Crippen LogP) is 1.08. The molecular formula is C7H12N2O2S. The molecule has 0 saturated carbocycles. The third-order valence-corrected chi connectivity index (χ3v) is 1.60. The average molecular weight is 188 g/mol. The predicted molar refractivity (Wildman–Crippen MR) is 49.9 cm³/mol. The molecule has 5 heteroatoms. The molecule has 0 rings (SSSR count). The van der Waals surface area contributed by atoms with Gasteiger partial charge in [0.15, 0.2) is 10.6 Å². The van der Waals surface area contributed by atoms with E-state index < -0.39 is 11.4 Å². The Morgan fingerprint density at radius 3 is 2.58 bits per heavy atom. The Hall–Kier alpha value is -0.970. The van der Waals surface area contributed by atoms with Gasteiger partial charge in [-0.2, -0.15) is 0 Å². The summed E-state index contributed by atoms with van der Waals surface area (Å²) in [6.07, 6.45) is 0. The summed E-state index contributed by atoms with van der Waals surface area (Å²) in [6.45, 7) is 6.63. The third-order valence-electron chi connectivity index (χ3n) is 0.914. The van der Waals surface area contributed by atoms with Crippen LogP contribution in [-0.4, -0.2) is 16.6 Å². The molecule has 0 aliphatic carbocycles. The minimum absolute atomic E-state index is 0.0722. The van der Waals surface area contributed by atoms with Crippen LogP contribution in [0.3, 0.4) is 0 Å². The van der Waals surface area contributed by atoms with Crippen molar-refractivity contribution >= 4 is 22.9 Å². The smallest absolute Gasteiger partial charge is 0.334 e. The Labute approximate surface area is 75.7 Å². The molecule has 0 amide bonds. The van der Waals surface area contributed by atoms with Crippen molar-refractivity contribution in [1.82, 2.24) is 0 Å². The van der Waals surface area contributed by atoms with Crippen molar-refractivity contribution in [1.29, 1.82) is 5.41 Å². The lowest BCUT2D eigenvalue weighted by atomic mass is 10.4. The number of carbonyl (C=O) groups is 1. The van der Waals surface area contributed by atoms with Gasteiger partial charge >= 0.3 is 5.97 Å². The SMILES string of the molecule is C=C(C)C(=O)OC(C)SC(=N)N. The van der Waals surface area contributed by atoms with Gasteiger partial charge in [0, 0.05) is 5.57 Å². The van der Waals surface area contributed by atoms with Crippen molar-refractivity contribution in [3.05, 3.63) is 12.2 Å². The Bertz CT molecular complexity index is 215. The van der Waals surface area contributed by atoms with Crippen LogP contribution in [0.4, 0.5) is 0 Å². The van der Waals surface area contributed by atoms with Gasteiger partial charge in [0.2, 0.25) is 0 Å². The van der Waals surface area contributed by atoms with E-state index in [-0.39, 0.29) is 5.17 Å². The summed E-state index contributed by atoms with van der Waals surface area (Å²) in [6, 6.07) is 0. The minimum Gasteiger partial charge on any atom is -0.448 e. The number of rotatable bonds is 3. The second-order valence-corrected chi connectivity index (χ2v) is 3.57. The molecule has 0 aromatic heterocycles. The van der Waals surface area contributed by atoms with Gasteiger partial charge in [-0.3, -0.25) is 5.41 Å². The van der Waals surface area contributed by atoms with Gasteiger partial charge in [-0.25, -0.2) is 4.79 Å². The first-order valence-corrected chi connectivity index (χ1v) is 4.18. The van der Waals surface area contributed by atoms with Crippen LogP contribution >= 0.6 is 11.8 Å². The second-order valence-electron chi connectivity index (χ2n) is 2.24. The lowest BCUT2D eigenvalue weighted by Gasteiger charge is -2.10. The number of nitrogens with two attached hydrogens (primary N) is 1. The van der Waals surface area contributed by atoms with E-state index in [1.54, 1.807) is 13.8 Å². The third kappa shape index (κ3) is 4.79. The fourth-order valence-corrected chi connectivity index (χ4v) is 0.947. The fraction of sp³-hybridized carbons (Fsp3) is 0.429. The molecule has 1 unspecified atom stereocenters. The number of carbonyl (C=O) groups excluding carboxylic acids is 1. The van der Waals surface area contributed by atoms with Crippen molar-refractivity contribution in [3.8, 4) is 0 Å². The molecule has 0 radical (unpaired) electrons. The molecule has 0 aromatic rings. The number of amidine groups is 1. The van der Waals surface area contributed by atoms with Gasteiger partial charge in [-0.05, 0) is 25.6 Å². The van der Waals surface area contributed by atoms with Crippen LogP contribution in [0.15, 0.2) is 12.2 Å². The van der Waals surface area contributed by atoms with Crippen LogP contribution in [0.25, 0.3) is 0 Å². The van der Waals surface area contributed by atoms with E-state index in [1.807, 2.05) is 0 Å². The summed E-state index contributed by atoms with van der Waals surface area (Å²) in [4.78, 5) is 10.9. The highest BCUT2D eigenvalue weighted by Gasteiger charge is 2.10. The van der Waals surface area contributed by atoms with Crippen molar-refractivity contribution in [2.75, 3.05) is 0 Å². The van der Waals surface area contributed by atoms with Gasteiger partial charge in [-0.15, -0.1) is 0 Å². The Balaban J connectivity index is 3.84. The van der Waals surface area contributed by atoms with E-state index in [2.05, 4.69) is 6.58 Å². The first-order valence-electron chi connectivity index (χ1n) is 3.30. The maximum Gasteiger partial charge on any atom is 0.334 e. The molecular weight excluding hydrogens is 176 g/mol. The molecule has 0 saturated heterocycles. The number of esters is 1. The maximum atomic E-state index is 10.9. The molecule has 0 heterocycles. The Morgan fingerprint density at radius 1 is 1.75 bits per heavy atom. The summed E-state index contributed by atoms with van der Waals surface area (Å²) in [5.74, 6) is -0.462. The molecule has 0 spiro atoms.